The average molecular weight is 193 g/mol. The largest absolute Gasteiger partial charge is 0.380 e. The summed E-state index contributed by atoms with van der Waals surface area (Å²) in [4.78, 5) is 0. The Hall–Kier alpha value is -1.05. The molecule has 76 valence electrons. The van der Waals surface area contributed by atoms with E-state index in [0.717, 1.165) is 11.5 Å². The third kappa shape index (κ3) is 2.06. The first kappa shape index (κ1) is 9.50. The highest BCUT2D eigenvalue weighted by Crippen LogP contribution is 2.34. The van der Waals surface area contributed by atoms with Crippen molar-refractivity contribution in [1.29, 1.82) is 0 Å². The third-order valence-corrected chi connectivity index (χ3v) is 2.83. The van der Waals surface area contributed by atoms with Crippen molar-refractivity contribution in [2.45, 2.75) is 32.7 Å². The zero-order chi connectivity index (χ0) is 10.1. The van der Waals surface area contributed by atoms with Crippen LogP contribution < -0.4 is 5.32 Å². The van der Waals surface area contributed by atoms with Crippen molar-refractivity contribution in [3.63, 3.8) is 0 Å². The normalized spacial score (nSPS) is 17.9. The van der Waals surface area contributed by atoms with Crippen LogP contribution in [0, 0.1) is 18.7 Å². The van der Waals surface area contributed by atoms with Gasteiger partial charge < -0.3 is 5.32 Å². The summed E-state index contributed by atoms with van der Waals surface area (Å²) in [6, 6.07) is 5.58. The number of hydrogen-bond acceptors (Lipinski definition) is 1. The summed E-state index contributed by atoms with van der Waals surface area (Å²) in [6.07, 6.45) is 2.56. The van der Waals surface area contributed by atoms with Crippen LogP contribution in [-0.4, -0.2) is 6.04 Å². The molecule has 2 heteroatoms. The van der Waals surface area contributed by atoms with Gasteiger partial charge in [0.1, 0.15) is 5.82 Å². The topological polar surface area (TPSA) is 12.0 Å². The predicted octanol–water partition coefficient (Wildman–Crippen LogP) is 3.34. The summed E-state index contributed by atoms with van der Waals surface area (Å²) in [7, 11) is 0. The predicted molar refractivity (Wildman–Crippen MR) is 56.9 cm³/mol. The maximum atomic E-state index is 13.4. The standard InChI is InChI=1S/C12H16FN/c1-8-3-6-11(13)12(7-8)14-9(2)10-4-5-10/h3,6-7,9-10,14H,4-5H2,1-2H3/t9-/m1/s1. The maximum Gasteiger partial charge on any atom is 0.146 e. The molecule has 0 aromatic heterocycles. The number of aryl methyl sites for hydroxylation is 1. The average Bonchev–Trinajstić information content (AvgIpc) is 2.94. The molecule has 0 radical (unpaired) electrons. The molecule has 0 amide bonds. The molecule has 0 bridgehead atoms. The first-order valence-corrected chi connectivity index (χ1v) is 5.19. The fourth-order valence-corrected chi connectivity index (χ4v) is 1.71. The highest BCUT2D eigenvalue weighted by molar-refractivity contribution is 5.47. The van der Waals surface area contributed by atoms with Gasteiger partial charge in [0.15, 0.2) is 0 Å². The van der Waals surface area contributed by atoms with Gasteiger partial charge in [0.25, 0.3) is 0 Å². The Bertz CT molecular complexity index is 331. The van der Waals surface area contributed by atoms with Crippen LogP contribution in [0.4, 0.5) is 10.1 Å². The van der Waals surface area contributed by atoms with Gasteiger partial charge in [-0.2, -0.15) is 0 Å². The molecule has 14 heavy (non-hydrogen) atoms. The number of halogens is 1. The third-order valence-electron chi connectivity index (χ3n) is 2.83. The minimum absolute atomic E-state index is 0.150. The molecule has 1 aliphatic carbocycles. The number of benzene rings is 1. The van der Waals surface area contributed by atoms with Gasteiger partial charge in [0, 0.05) is 6.04 Å². The first-order valence-electron chi connectivity index (χ1n) is 5.19. The van der Waals surface area contributed by atoms with E-state index in [-0.39, 0.29) is 5.82 Å². The van der Waals surface area contributed by atoms with Crippen molar-refractivity contribution in [3.05, 3.63) is 29.6 Å². The SMILES string of the molecule is Cc1ccc(F)c(N[C@H](C)C2CC2)c1. The molecule has 0 spiro atoms. The van der Waals surface area contributed by atoms with Gasteiger partial charge in [-0.15, -0.1) is 0 Å². The summed E-state index contributed by atoms with van der Waals surface area (Å²) in [5.74, 6) is 0.595. The fourth-order valence-electron chi connectivity index (χ4n) is 1.71. The van der Waals surface area contributed by atoms with Crippen LogP contribution in [0.1, 0.15) is 25.3 Å². The van der Waals surface area contributed by atoms with Crippen LogP contribution >= 0.6 is 0 Å². The molecule has 1 fully saturated rings. The molecule has 1 aromatic carbocycles. The molecule has 1 atom stereocenters. The molecular weight excluding hydrogens is 177 g/mol. The smallest absolute Gasteiger partial charge is 0.146 e. The van der Waals surface area contributed by atoms with Crippen molar-refractivity contribution in [3.8, 4) is 0 Å². The maximum absolute atomic E-state index is 13.4. The Morgan fingerprint density at radius 1 is 1.43 bits per heavy atom. The van der Waals surface area contributed by atoms with E-state index in [2.05, 4.69) is 12.2 Å². The summed E-state index contributed by atoms with van der Waals surface area (Å²) < 4.78 is 13.4. The molecule has 2 rings (SSSR count). The summed E-state index contributed by atoms with van der Waals surface area (Å²) in [5.41, 5.74) is 1.74. The molecule has 1 saturated carbocycles. The van der Waals surface area contributed by atoms with E-state index in [9.17, 15) is 4.39 Å². The van der Waals surface area contributed by atoms with Crippen molar-refractivity contribution in [1.82, 2.24) is 0 Å². The van der Waals surface area contributed by atoms with Crippen molar-refractivity contribution in [2.24, 2.45) is 5.92 Å². The van der Waals surface area contributed by atoms with E-state index in [1.807, 2.05) is 13.0 Å². The summed E-state index contributed by atoms with van der Waals surface area (Å²) in [6.45, 7) is 4.10. The second-order valence-corrected chi connectivity index (χ2v) is 4.25. The van der Waals surface area contributed by atoms with E-state index in [1.165, 1.54) is 18.9 Å². The van der Waals surface area contributed by atoms with Crippen molar-refractivity contribution in [2.75, 3.05) is 5.32 Å². The van der Waals surface area contributed by atoms with E-state index in [4.69, 9.17) is 0 Å². The Labute approximate surface area is 84.3 Å². The van der Waals surface area contributed by atoms with Crippen LogP contribution in [0.5, 0.6) is 0 Å². The van der Waals surface area contributed by atoms with Crippen LogP contribution in [0.3, 0.4) is 0 Å². The highest BCUT2D eigenvalue weighted by Gasteiger charge is 2.28. The zero-order valence-corrected chi connectivity index (χ0v) is 8.68. The minimum atomic E-state index is -0.150. The van der Waals surface area contributed by atoms with Gasteiger partial charge in [-0.25, -0.2) is 4.39 Å². The van der Waals surface area contributed by atoms with Crippen molar-refractivity contribution >= 4 is 5.69 Å². The second-order valence-electron chi connectivity index (χ2n) is 4.25. The Morgan fingerprint density at radius 2 is 2.14 bits per heavy atom. The van der Waals surface area contributed by atoms with E-state index >= 15 is 0 Å². The van der Waals surface area contributed by atoms with E-state index in [0.29, 0.717) is 11.7 Å². The lowest BCUT2D eigenvalue weighted by Crippen LogP contribution is -2.18. The van der Waals surface area contributed by atoms with Gasteiger partial charge in [0.05, 0.1) is 5.69 Å². The second kappa shape index (κ2) is 3.60. The highest BCUT2D eigenvalue weighted by atomic mass is 19.1. The molecule has 0 heterocycles. The number of hydrogen-bond donors (Lipinski definition) is 1. The lowest BCUT2D eigenvalue weighted by Gasteiger charge is -2.15. The van der Waals surface area contributed by atoms with Crippen LogP contribution in [0.15, 0.2) is 18.2 Å². The Balaban J connectivity index is 2.10. The molecule has 0 aliphatic heterocycles. The van der Waals surface area contributed by atoms with Crippen LogP contribution in [-0.2, 0) is 0 Å². The zero-order valence-electron chi connectivity index (χ0n) is 8.68. The van der Waals surface area contributed by atoms with Gasteiger partial charge >= 0.3 is 0 Å². The quantitative estimate of drug-likeness (QED) is 0.776. The Morgan fingerprint density at radius 3 is 2.79 bits per heavy atom. The van der Waals surface area contributed by atoms with Gasteiger partial charge in [-0.05, 0) is 50.3 Å². The number of rotatable bonds is 3. The van der Waals surface area contributed by atoms with Crippen LogP contribution in [0.2, 0.25) is 0 Å². The molecule has 0 unspecified atom stereocenters. The number of anilines is 1. The monoisotopic (exact) mass is 193 g/mol. The van der Waals surface area contributed by atoms with Gasteiger partial charge in [-0.1, -0.05) is 6.07 Å². The minimum Gasteiger partial charge on any atom is -0.380 e. The summed E-state index contributed by atoms with van der Waals surface area (Å²) >= 11 is 0. The molecule has 1 N–H and O–H groups in total. The first-order chi connectivity index (χ1) is 6.66. The van der Waals surface area contributed by atoms with Gasteiger partial charge in [0.2, 0.25) is 0 Å². The number of nitrogens with one attached hydrogen (secondary N) is 1. The van der Waals surface area contributed by atoms with Crippen molar-refractivity contribution < 1.29 is 4.39 Å². The van der Waals surface area contributed by atoms with E-state index in [1.54, 1.807) is 6.07 Å². The van der Waals surface area contributed by atoms with Crippen LogP contribution in [0.25, 0.3) is 0 Å². The van der Waals surface area contributed by atoms with E-state index < -0.39 is 0 Å². The van der Waals surface area contributed by atoms with Gasteiger partial charge in [-0.3, -0.25) is 0 Å². The molecular formula is C12H16FN. The lowest BCUT2D eigenvalue weighted by atomic mass is 10.1. The molecule has 1 nitrogen and oxygen atoms in total. The molecule has 1 aromatic rings. The lowest BCUT2D eigenvalue weighted by molar-refractivity contribution is 0.619. The molecule has 1 aliphatic rings. The Kier molecular flexibility index (Phi) is 2.44. The molecule has 0 saturated heterocycles. The summed E-state index contributed by atoms with van der Waals surface area (Å²) in [5, 5.41) is 3.24. The fraction of sp³-hybridized carbons (Fsp3) is 0.500.